The standard InChI is InChI=1S/C14H19Cl2NO/c1-14(2,3)17-8-7-11(18)9-10-5-4-6-12(15)13(10)16/h4-6,17H,7-9H2,1-3H3. The van der Waals surface area contributed by atoms with Gasteiger partial charge < -0.3 is 5.32 Å². The van der Waals surface area contributed by atoms with Crippen LogP contribution in [0.15, 0.2) is 18.2 Å². The smallest absolute Gasteiger partial charge is 0.138 e. The summed E-state index contributed by atoms with van der Waals surface area (Å²) in [5.41, 5.74) is 0.832. The quantitative estimate of drug-likeness (QED) is 0.890. The summed E-state index contributed by atoms with van der Waals surface area (Å²) < 4.78 is 0. The molecule has 1 N–H and O–H groups in total. The van der Waals surface area contributed by atoms with Gasteiger partial charge in [0.1, 0.15) is 5.78 Å². The van der Waals surface area contributed by atoms with Crippen molar-refractivity contribution in [2.75, 3.05) is 6.54 Å². The summed E-state index contributed by atoms with van der Waals surface area (Å²) in [5.74, 6) is 0.163. The molecule has 0 aliphatic rings. The second-order valence-corrected chi connectivity index (χ2v) is 6.14. The first-order valence-electron chi connectivity index (χ1n) is 5.99. The number of halogens is 2. The third-order valence-corrected chi connectivity index (χ3v) is 3.34. The highest BCUT2D eigenvalue weighted by atomic mass is 35.5. The third kappa shape index (κ3) is 5.38. The predicted molar refractivity (Wildman–Crippen MR) is 77.5 cm³/mol. The van der Waals surface area contributed by atoms with Crippen molar-refractivity contribution in [3.63, 3.8) is 0 Å². The van der Waals surface area contributed by atoms with E-state index >= 15 is 0 Å². The van der Waals surface area contributed by atoms with Crippen molar-refractivity contribution in [3.8, 4) is 0 Å². The van der Waals surface area contributed by atoms with Crippen molar-refractivity contribution in [2.24, 2.45) is 0 Å². The highest BCUT2D eigenvalue weighted by Crippen LogP contribution is 2.26. The molecule has 2 nitrogen and oxygen atoms in total. The van der Waals surface area contributed by atoms with Gasteiger partial charge in [0, 0.05) is 24.9 Å². The highest BCUT2D eigenvalue weighted by molar-refractivity contribution is 6.42. The largest absolute Gasteiger partial charge is 0.312 e. The maximum absolute atomic E-state index is 11.8. The molecule has 4 heteroatoms. The molecule has 1 aromatic rings. The van der Waals surface area contributed by atoms with E-state index in [1.165, 1.54) is 0 Å². The number of hydrogen-bond acceptors (Lipinski definition) is 2. The fourth-order valence-corrected chi connectivity index (χ4v) is 1.95. The van der Waals surface area contributed by atoms with Gasteiger partial charge in [-0.05, 0) is 32.4 Å². The number of Topliss-reactive ketones (excluding diaryl/α,β-unsaturated/α-hetero) is 1. The Kier molecular flexibility index (Phi) is 5.64. The normalized spacial score (nSPS) is 11.6. The van der Waals surface area contributed by atoms with E-state index in [0.717, 1.165) is 5.56 Å². The van der Waals surface area contributed by atoms with Crippen molar-refractivity contribution >= 4 is 29.0 Å². The summed E-state index contributed by atoms with van der Waals surface area (Å²) in [7, 11) is 0. The number of hydrogen-bond donors (Lipinski definition) is 1. The van der Waals surface area contributed by atoms with Gasteiger partial charge >= 0.3 is 0 Å². The fourth-order valence-electron chi connectivity index (χ4n) is 1.56. The number of carbonyl (C=O) groups is 1. The number of benzene rings is 1. The maximum atomic E-state index is 11.8. The van der Waals surface area contributed by atoms with Crippen molar-refractivity contribution in [2.45, 2.75) is 39.2 Å². The minimum Gasteiger partial charge on any atom is -0.312 e. The van der Waals surface area contributed by atoms with Gasteiger partial charge in [-0.25, -0.2) is 0 Å². The first-order chi connectivity index (χ1) is 8.29. The number of nitrogens with one attached hydrogen (secondary N) is 1. The molecule has 0 atom stereocenters. The average Bonchev–Trinajstić information content (AvgIpc) is 2.23. The molecule has 0 saturated heterocycles. The molecule has 1 aromatic carbocycles. The predicted octanol–water partition coefficient (Wildman–Crippen LogP) is 3.88. The highest BCUT2D eigenvalue weighted by Gasteiger charge is 2.12. The molecule has 0 heterocycles. The van der Waals surface area contributed by atoms with Crippen molar-refractivity contribution < 1.29 is 4.79 Å². The summed E-state index contributed by atoms with van der Waals surface area (Å²) in [5, 5.41) is 4.26. The van der Waals surface area contributed by atoms with Crippen LogP contribution in [0.1, 0.15) is 32.8 Å². The van der Waals surface area contributed by atoms with Crippen LogP contribution in [0.4, 0.5) is 0 Å². The summed E-state index contributed by atoms with van der Waals surface area (Å²) in [6.45, 7) is 6.91. The Labute approximate surface area is 119 Å². The molecule has 0 amide bonds. The molecule has 0 aliphatic carbocycles. The van der Waals surface area contributed by atoms with Gasteiger partial charge in [-0.2, -0.15) is 0 Å². The van der Waals surface area contributed by atoms with E-state index in [1.54, 1.807) is 6.07 Å². The van der Waals surface area contributed by atoms with Crippen LogP contribution in [0.2, 0.25) is 10.0 Å². The molecule has 0 radical (unpaired) electrons. The Morgan fingerprint density at radius 1 is 1.28 bits per heavy atom. The summed E-state index contributed by atoms with van der Waals surface area (Å²) >= 11 is 12.0. The molecular weight excluding hydrogens is 269 g/mol. The molecule has 100 valence electrons. The van der Waals surface area contributed by atoms with Gasteiger partial charge in [0.25, 0.3) is 0 Å². The lowest BCUT2D eigenvalue weighted by Gasteiger charge is -2.20. The van der Waals surface area contributed by atoms with E-state index < -0.39 is 0 Å². The zero-order valence-electron chi connectivity index (χ0n) is 11.0. The Balaban J connectivity index is 2.48. The van der Waals surface area contributed by atoms with E-state index in [-0.39, 0.29) is 11.3 Å². The third-order valence-electron chi connectivity index (χ3n) is 2.48. The number of carbonyl (C=O) groups excluding carboxylic acids is 1. The molecule has 1 rings (SSSR count). The lowest BCUT2D eigenvalue weighted by molar-refractivity contribution is -0.118. The van der Waals surface area contributed by atoms with E-state index in [1.807, 2.05) is 12.1 Å². The van der Waals surface area contributed by atoms with Gasteiger partial charge in [-0.15, -0.1) is 0 Å². The summed E-state index contributed by atoms with van der Waals surface area (Å²) in [6.07, 6.45) is 0.839. The SMILES string of the molecule is CC(C)(C)NCCC(=O)Cc1cccc(Cl)c1Cl. The first-order valence-corrected chi connectivity index (χ1v) is 6.75. The fraction of sp³-hybridized carbons (Fsp3) is 0.500. The van der Waals surface area contributed by atoms with Crippen LogP contribution < -0.4 is 5.32 Å². The maximum Gasteiger partial charge on any atom is 0.138 e. The molecule has 0 fully saturated rings. The Bertz CT molecular complexity index is 424. The van der Waals surface area contributed by atoms with Crippen molar-refractivity contribution in [3.05, 3.63) is 33.8 Å². The molecular formula is C14H19Cl2NO. The van der Waals surface area contributed by atoms with Gasteiger partial charge in [0.05, 0.1) is 10.0 Å². The second kappa shape index (κ2) is 6.55. The second-order valence-electron chi connectivity index (χ2n) is 5.36. The average molecular weight is 288 g/mol. The van der Waals surface area contributed by atoms with Crippen LogP contribution in [-0.4, -0.2) is 17.9 Å². The van der Waals surface area contributed by atoms with Crippen LogP contribution in [-0.2, 0) is 11.2 Å². The van der Waals surface area contributed by atoms with E-state index in [9.17, 15) is 4.79 Å². The first kappa shape index (κ1) is 15.5. The zero-order chi connectivity index (χ0) is 13.8. The summed E-state index contributed by atoms with van der Waals surface area (Å²) in [6, 6.07) is 5.37. The number of rotatable bonds is 5. The monoisotopic (exact) mass is 287 g/mol. The van der Waals surface area contributed by atoms with Crippen LogP contribution in [0.5, 0.6) is 0 Å². The van der Waals surface area contributed by atoms with Crippen molar-refractivity contribution in [1.82, 2.24) is 5.32 Å². The lowest BCUT2D eigenvalue weighted by Crippen LogP contribution is -2.37. The van der Waals surface area contributed by atoms with Crippen LogP contribution in [0.3, 0.4) is 0 Å². The van der Waals surface area contributed by atoms with Gasteiger partial charge in [-0.3, -0.25) is 4.79 Å². The van der Waals surface area contributed by atoms with Gasteiger partial charge in [-0.1, -0.05) is 35.3 Å². The minimum absolute atomic E-state index is 0.0357. The molecule has 0 aromatic heterocycles. The topological polar surface area (TPSA) is 29.1 Å². The van der Waals surface area contributed by atoms with E-state index in [4.69, 9.17) is 23.2 Å². The van der Waals surface area contributed by atoms with Crippen LogP contribution in [0, 0.1) is 0 Å². The molecule has 0 spiro atoms. The molecule has 0 aliphatic heterocycles. The van der Waals surface area contributed by atoms with E-state index in [2.05, 4.69) is 26.1 Å². The van der Waals surface area contributed by atoms with Gasteiger partial charge in [0.2, 0.25) is 0 Å². The molecule has 18 heavy (non-hydrogen) atoms. The van der Waals surface area contributed by atoms with Crippen molar-refractivity contribution in [1.29, 1.82) is 0 Å². The van der Waals surface area contributed by atoms with E-state index in [0.29, 0.717) is 29.4 Å². The Hall–Kier alpha value is -0.570. The number of ketones is 1. The van der Waals surface area contributed by atoms with Gasteiger partial charge in [0.15, 0.2) is 0 Å². The Morgan fingerprint density at radius 3 is 2.56 bits per heavy atom. The molecule has 0 bridgehead atoms. The van der Waals surface area contributed by atoms with Crippen LogP contribution >= 0.6 is 23.2 Å². The molecule has 0 saturated carbocycles. The minimum atomic E-state index is 0.0357. The summed E-state index contributed by atoms with van der Waals surface area (Å²) in [4.78, 5) is 11.8. The van der Waals surface area contributed by atoms with Crippen LogP contribution in [0.25, 0.3) is 0 Å². The lowest BCUT2D eigenvalue weighted by atomic mass is 10.1. The Morgan fingerprint density at radius 2 is 1.94 bits per heavy atom. The molecule has 0 unspecified atom stereocenters. The zero-order valence-corrected chi connectivity index (χ0v) is 12.5.